The number of amides is 1. The molecule has 0 spiro atoms. The number of hydrogen-bond donors (Lipinski definition) is 1. The van der Waals surface area contributed by atoms with E-state index in [1.54, 1.807) is 29.1 Å². The quantitative estimate of drug-likeness (QED) is 0.539. The lowest BCUT2D eigenvalue weighted by Gasteiger charge is -2.16. The van der Waals surface area contributed by atoms with Crippen molar-refractivity contribution < 1.29 is 28.3 Å². The van der Waals surface area contributed by atoms with Gasteiger partial charge in [-0.25, -0.2) is 9.59 Å². The fourth-order valence-corrected chi connectivity index (χ4v) is 3.16. The maximum absolute atomic E-state index is 12.6. The van der Waals surface area contributed by atoms with Gasteiger partial charge in [-0.15, -0.1) is 0 Å². The summed E-state index contributed by atoms with van der Waals surface area (Å²) in [6.07, 6.45) is 3.55. The number of ether oxygens (including phenoxy) is 2. The van der Waals surface area contributed by atoms with Gasteiger partial charge >= 0.3 is 11.9 Å². The van der Waals surface area contributed by atoms with E-state index in [1.807, 2.05) is 36.4 Å². The third-order valence-corrected chi connectivity index (χ3v) is 4.66. The van der Waals surface area contributed by atoms with Gasteiger partial charge in [0.2, 0.25) is 5.88 Å². The van der Waals surface area contributed by atoms with E-state index in [1.165, 1.54) is 14.0 Å². The largest absolute Gasteiger partial charge is 0.467 e. The fraction of sp³-hybridized carbons (Fsp3) is 0.217. The molecular formula is C23H21N3O6. The van der Waals surface area contributed by atoms with Crippen LogP contribution >= 0.6 is 0 Å². The molecule has 3 aromatic rings. The van der Waals surface area contributed by atoms with Crippen LogP contribution in [0.1, 0.15) is 27.2 Å². The molecule has 32 heavy (non-hydrogen) atoms. The van der Waals surface area contributed by atoms with Gasteiger partial charge in [-0.05, 0) is 24.6 Å². The van der Waals surface area contributed by atoms with Gasteiger partial charge in [0.25, 0.3) is 5.91 Å². The highest BCUT2D eigenvalue weighted by Gasteiger charge is 2.27. The van der Waals surface area contributed by atoms with Gasteiger partial charge in [0, 0.05) is 18.8 Å². The topological polar surface area (TPSA) is 124 Å². The van der Waals surface area contributed by atoms with Gasteiger partial charge in [0.05, 0.1) is 7.11 Å². The van der Waals surface area contributed by atoms with Crippen LogP contribution in [0.4, 0.5) is 0 Å². The molecule has 1 aromatic carbocycles. The fourth-order valence-electron chi connectivity index (χ4n) is 3.16. The molecule has 1 N–H and O–H groups in total. The van der Waals surface area contributed by atoms with E-state index in [9.17, 15) is 19.6 Å². The zero-order chi connectivity index (χ0) is 23.1. The number of aromatic nitrogens is 1. The van der Waals surface area contributed by atoms with Crippen LogP contribution in [0.3, 0.4) is 0 Å². The Morgan fingerprint density at radius 1 is 1.16 bits per heavy atom. The number of aryl methyl sites for hydroxylation is 1. The number of carbonyl (C=O) groups excluding carboxylic acids is 3. The van der Waals surface area contributed by atoms with Crippen LogP contribution in [-0.2, 0) is 25.5 Å². The first-order valence-corrected chi connectivity index (χ1v) is 9.69. The van der Waals surface area contributed by atoms with Crippen LogP contribution in [0.2, 0.25) is 0 Å². The third kappa shape index (κ3) is 5.05. The Morgan fingerprint density at radius 2 is 1.84 bits per heavy atom. The molecule has 1 atom stereocenters. The molecule has 0 aliphatic heterocycles. The Hall–Kier alpha value is -4.32. The molecule has 0 aliphatic rings. The Morgan fingerprint density at radius 3 is 2.47 bits per heavy atom. The molecule has 9 heteroatoms. The summed E-state index contributed by atoms with van der Waals surface area (Å²) in [5.74, 6) is -1.82. The molecule has 0 radical (unpaired) electrons. The Labute approximate surface area is 184 Å². The van der Waals surface area contributed by atoms with E-state index >= 15 is 0 Å². The molecule has 164 valence electrons. The molecule has 2 aromatic heterocycles. The number of carbonyl (C=O) groups is 3. The first-order valence-electron chi connectivity index (χ1n) is 9.69. The van der Waals surface area contributed by atoms with Gasteiger partial charge in [-0.1, -0.05) is 30.3 Å². The van der Waals surface area contributed by atoms with Crippen molar-refractivity contribution in [3.63, 3.8) is 0 Å². The number of rotatable bonds is 8. The maximum Gasteiger partial charge on any atom is 0.343 e. The minimum atomic E-state index is -0.945. The van der Waals surface area contributed by atoms with Gasteiger partial charge in [-0.3, -0.25) is 9.36 Å². The van der Waals surface area contributed by atoms with E-state index in [-0.39, 0.29) is 29.2 Å². The molecule has 0 bridgehead atoms. The molecule has 1 unspecified atom stereocenters. The highest BCUT2D eigenvalue weighted by Crippen LogP contribution is 2.26. The minimum absolute atomic E-state index is 0.000577. The number of hydrogen-bond acceptors (Lipinski definition) is 7. The van der Waals surface area contributed by atoms with Crippen molar-refractivity contribution in [2.24, 2.45) is 0 Å². The second-order valence-electron chi connectivity index (χ2n) is 6.82. The Bertz CT molecular complexity index is 1140. The highest BCUT2D eigenvalue weighted by molar-refractivity contribution is 5.96. The lowest BCUT2D eigenvalue weighted by molar-refractivity contribution is -0.145. The van der Waals surface area contributed by atoms with E-state index in [0.29, 0.717) is 0 Å². The number of benzene rings is 1. The van der Waals surface area contributed by atoms with Crippen molar-refractivity contribution in [2.45, 2.75) is 19.4 Å². The molecule has 2 heterocycles. The highest BCUT2D eigenvalue weighted by atomic mass is 16.5. The summed E-state index contributed by atoms with van der Waals surface area (Å²) in [5.41, 5.74) is 0.767. The average Bonchev–Trinajstić information content (AvgIpc) is 3.44. The standard InChI is InChI=1S/C23H21N3O6/c1-15-20(17(13-24)21(32-15)26-10-6-7-11-26)23(29)31-14-19(27)25-18(22(28)30-2)12-16-8-4-3-5-9-16/h3-11,18H,12,14H2,1-2H3,(H,25,27). The molecule has 1 amide bonds. The minimum Gasteiger partial charge on any atom is -0.467 e. The van der Waals surface area contributed by atoms with Gasteiger partial charge in [0.1, 0.15) is 29.0 Å². The summed E-state index contributed by atoms with van der Waals surface area (Å²) in [6, 6.07) is 13.6. The molecule has 0 aliphatic carbocycles. The Kier molecular flexibility index (Phi) is 7.08. The predicted octanol–water partition coefficient (Wildman–Crippen LogP) is 2.31. The van der Waals surface area contributed by atoms with Crippen LogP contribution in [0.5, 0.6) is 0 Å². The monoisotopic (exact) mass is 435 g/mol. The van der Waals surface area contributed by atoms with Crippen LogP contribution in [0, 0.1) is 18.3 Å². The van der Waals surface area contributed by atoms with Gasteiger partial charge < -0.3 is 19.2 Å². The number of methoxy groups -OCH3 is 1. The summed E-state index contributed by atoms with van der Waals surface area (Å²) in [5, 5.41) is 12.0. The van der Waals surface area contributed by atoms with Gasteiger partial charge in [0.15, 0.2) is 6.61 Å². The maximum atomic E-state index is 12.6. The van der Waals surface area contributed by atoms with Crippen molar-refractivity contribution in [3.8, 4) is 12.0 Å². The van der Waals surface area contributed by atoms with Crippen LogP contribution in [0.15, 0.2) is 59.3 Å². The van der Waals surface area contributed by atoms with Crippen molar-refractivity contribution in [2.75, 3.05) is 13.7 Å². The molecular weight excluding hydrogens is 414 g/mol. The molecule has 0 saturated carbocycles. The summed E-state index contributed by atoms with van der Waals surface area (Å²) < 4.78 is 17.0. The summed E-state index contributed by atoms with van der Waals surface area (Å²) in [6.45, 7) is 0.882. The number of nitrogens with one attached hydrogen (secondary N) is 1. The summed E-state index contributed by atoms with van der Waals surface area (Å²) >= 11 is 0. The number of esters is 2. The normalized spacial score (nSPS) is 11.3. The Balaban J connectivity index is 1.67. The van der Waals surface area contributed by atoms with Crippen LogP contribution in [-0.4, -0.2) is 42.2 Å². The van der Waals surface area contributed by atoms with Gasteiger partial charge in [-0.2, -0.15) is 5.26 Å². The van der Waals surface area contributed by atoms with Crippen molar-refractivity contribution in [1.29, 1.82) is 5.26 Å². The second-order valence-corrected chi connectivity index (χ2v) is 6.82. The number of furan rings is 1. The SMILES string of the molecule is COC(=O)C(Cc1ccccc1)NC(=O)COC(=O)c1c(C)oc(-n2cccc2)c1C#N. The van der Waals surface area contributed by atoms with E-state index in [2.05, 4.69) is 5.32 Å². The number of nitriles is 1. The smallest absolute Gasteiger partial charge is 0.343 e. The average molecular weight is 435 g/mol. The van der Waals surface area contributed by atoms with Crippen LogP contribution < -0.4 is 5.32 Å². The zero-order valence-electron chi connectivity index (χ0n) is 17.5. The predicted molar refractivity (Wildman–Crippen MR) is 112 cm³/mol. The molecule has 9 nitrogen and oxygen atoms in total. The van der Waals surface area contributed by atoms with Crippen LogP contribution in [0.25, 0.3) is 5.88 Å². The lowest BCUT2D eigenvalue weighted by atomic mass is 10.1. The lowest BCUT2D eigenvalue weighted by Crippen LogP contribution is -2.44. The first-order chi connectivity index (χ1) is 15.4. The first kappa shape index (κ1) is 22.4. The molecule has 0 fully saturated rings. The third-order valence-electron chi connectivity index (χ3n) is 4.66. The second kappa shape index (κ2) is 10.1. The van der Waals surface area contributed by atoms with E-state index in [4.69, 9.17) is 13.9 Å². The number of nitrogens with zero attached hydrogens (tertiary/aromatic N) is 2. The van der Waals surface area contributed by atoms with Crippen molar-refractivity contribution in [1.82, 2.24) is 9.88 Å². The van der Waals surface area contributed by atoms with Crippen molar-refractivity contribution >= 4 is 17.8 Å². The van der Waals surface area contributed by atoms with Crippen molar-refractivity contribution in [3.05, 3.63) is 77.3 Å². The van der Waals surface area contributed by atoms with E-state index in [0.717, 1.165) is 5.56 Å². The zero-order valence-corrected chi connectivity index (χ0v) is 17.5. The molecule has 0 saturated heterocycles. The van der Waals surface area contributed by atoms with E-state index < -0.39 is 30.5 Å². The summed E-state index contributed by atoms with van der Waals surface area (Å²) in [4.78, 5) is 37.0. The summed E-state index contributed by atoms with van der Waals surface area (Å²) in [7, 11) is 1.22. The molecule has 3 rings (SSSR count).